The van der Waals surface area contributed by atoms with E-state index in [1.165, 1.54) is 44.5 Å². The van der Waals surface area contributed by atoms with Crippen LogP contribution in [0.4, 0.5) is 0 Å². The molecule has 0 spiro atoms. The number of benzene rings is 5. The predicted molar refractivity (Wildman–Crippen MR) is 152 cm³/mol. The summed E-state index contributed by atoms with van der Waals surface area (Å²) >= 11 is 0. The van der Waals surface area contributed by atoms with Crippen molar-refractivity contribution in [2.24, 2.45) is 0 Å². The summed E-state index contributed by atoms with van der Waals surface area (Å²) in [6, 6.07) is 43.2. The van der Waals surface area contributed by atoms with Gasteiger partial charge in [0.05, 0.1) is 0 Å². The summed E-state index contributed by atoms with van der Waals surface area (Å²) in [6.45, 7) is 0. The molecule has 2 aromatic heterocycles. The Morgan fingerprint density at radius 2 is 0.892 bits per heavy atom. The molecule has 2 heterocycles. The number of nitrogens with zero attached hydrogens (tertiary/aromatic N) is 1. The molecule has 0 bridgehead atoms. The molecule has 2 heteroatoms. The number of hydrogen-bond acceptors (Lipinski definition) is 2. The lowest BCUT2D eigenvalue weighted by Gasteiger charge is -2.25. The molecule has 8 rings (SSSR count). The van der Waals surface area contributed by atoms with E-state index < -0.39 is 0 Å². The minimum atomic E-state index is 0.809. The second-order valence-electron chi connectivity index (χ2n) is 9.50. The van der Waals surface area contributed by atoms with E-state index in [9.17, 15) is 0 Å². The molecule has 0 amide bonds. The minimum Gasteiger partial charge on any atom is -0.454 e. The van der Waals surface area contributed by atoms with Gasteiger partial charge in [-0.25, -0.2) is 0 Å². The predicted octanol–water partition coefficient (Wildman–Crippen LogP) is 9.63. The van der Waals surface area contributed by atoms with Gasteiger partial charge >= 0.3 is 0 Å². The zero-order valence-corrected chi connectivity index (χ0v) is 20.0. The third-order valence-electron chi connectivity index (χ3n) is 7.53. The number of hydrogen-bond donors (Lipinski definition) is 0. The van der Waals surface area contributed by atoms with E-state index in [4.69, 9.17) is 4.42 Å². The summed E-state index contributed by atoms with van der Waals surface area (Å²) in [7, 11) is 0. The Morgan fingerprint density at radius 1 is 0.405 bits per heavy atom. The number of aromatic nitrogens is 1. The first-order valence-electron chi connectivity index (χ1n) is 12.6. The first-order valence-corrected chi connectivity index (χ1v) is 12.6. The number of pyridine rings is 1. The van der Waals surface area contributed by atoms with Gasteiger partial charge in [0.2, 0.25) is 0 Å². The van der Waals surface area contributed by atoms with Crippen LogP contribution in [0.5, 0.6) is 0 Å². The lowest BCUT2D eigenvalue weighted by molar-refractivity contribution is 0.669. The van der Waals surface area contributed by atoms with Crippen LogP contribution in [0.1, 0.15) is 0 Å². The molecule has 7 aromatic rings. The van der Waals surface area contributed by atoms with Gasteiger partial charge < -0.3 is 4.42 Å². The maximum atomic E-state index is 6.44. The summed E-state index contributed by atoms with van der Waals surface area (Å²) in [4.78, 5) is 4.62. The zero-order valence-electron chi connectivity index (χ0n) is 20.0. The van der Waals surface area contributed by atoms with Crippen LogP contribution in [-0.2, 0) is 0 Å². The van der Waals surface area contributed by atoms with Crippen molar-refractivity contribution >= 4 is 22.1 Å². The van der Waals surface area contributed by atoms with Crippen molar-refractivity contribution in [1.29, 1.82) is 0 Å². The molecule has 0 aliphatic heterocycles. The van der Waals surface area contributed by atoms with Crippen molar-refractivity contribution in [2.75, 3.05) is 0 Å². The average molecular weight is 472 g/mol. The van der Waals surface area contributed by atoms with Crippen molar-refractivity contribution in [1.82, 2.24) is 4.98 Å². The highest BCUT2D eigenvalue weighted by atomic mass is 16.3. The summed E-state index contributed by atoms with van der Waals surface area (Å²) in [5, 5.41) is 1.04. The quantitative estimate of drug-likeness (QED) is 0.238. The summed E-state index contributed by atoms with van der Waals surface area (Å²) < 4.78 is 6.44. The van der Waals surface area contributed by atoms with Gasteiger partial charge in [0, 0.05) is 17.1 Å². The Hall–Kier alpha value is -4.95. The zero-order chi connectivity index (χ0) is 24.3. The molecule has 1 aliphatic carbocycles. The fraction of sp³-hybridized carbons (Fsp3) is 0. The number of rotatable bonds is 1. The van der Waals surface area contributed by atoms with Crippen LogP contribution in [0.3, 0.4) is 0 Å². The largest absolute Gasteiger partial charge is 0.454 e. The Morgan fingerprint density at radius 3 is 1.57 bits per heavy atom. The highest BCUT2D eigenvalue weighted by Crippen LogP contribution is 2.51. The maximum absolute atomic E-state index is 6.44. The van der Waals surface area contributed by atoms with Crippen LogP contribution in [0.25, 0.3) is 77.7 Å². The van der Waals surface area contributed by atoms with E-state index in [2.05, 4.69) is 114 Å². The smallest absolute Gasteiger partial charge is 0.153 e. The molecule has 0 saturated heterocycles. The van der Waals surface area contributed by atoms with Crippen LogP contribution >= 0.6 is 0 Å². The van der Waals surface area contributed by atoms with Crippen molar-refractivity contribution in [3.05, 3.63) is 128 Å². The minimum absolute atomic E-state index is 0.809. The molecule has 0 saturated carbocycles. The van der Waals surface area contributed by atoms with Gasteiger partial charge in [0.15, 0.2) is 5.58 Å². The highest BCUT2D eigenvalue weighted by molar-refractivity contribution is 6.12. The third kappa shape index (κ3) is 2.90. The van der Waals surface area contributed by atoms with Crippen LogP contribution in [0, 0.1) is 0 Å². The number of para-hydroxylation sites is 1. The van der Waals surface area contributed by atoms with Gasteiger partial charge in [0.1, 0.15) is 11.1 Å². The van der Waals surface area contributed by atoms with Gasteiger partial charge in [-0.05, 0) is 68.3 Å². The molecular formula is C35H21NO. The molecule has 5 aromatic carbocycles. The van der Waals surface area contributed by atoms with Gasteiger partial charge in [0.25, 0.3) is 0 Å². The van der Waals surface area contributed by atoms with Gasteiger partial charge in [-0.15, -0.1) is 0 Å². The SMILES string of the molecule is c1ccc2c(c1)-c1ccccc1-c1cccc(-c3cccc4c3oc3cccnc34)c1-c1ccccc1-2. The molecule has 0 atom stereocenters. The number of furan rings is 1. The fourth-order valence-corrected chi connectivity index (χ4v) is 5.96. The topological polar surface area (TPSA) is 26.0 Å². The monoisotopic (exact) mass is 471 g/mol. The summed E-state index contributed by atoms with van der Waals surface area (Å²) in [6.07, 6.45) is 1.83. The van der Waals surface area contributed by atoms with Gasteiger partial charge in [-0.2, -0.15) is 0 Å². The van der Waals surface area contributed by atoms with Gasteiger partial charge in [-0.3, -0.25) is 4.98 Å². The van der Waals surface area contributed by atoms with E-state index in [1.54, 1.807) is 0 Å². The molecule has 1 aliphatic rings. The van der Waals surface area contributed by atoms with E-state index in [-0.39, 0.29) is 0 Å². The molecule has 0 unspecified atom stereocenters. The van der Waals surface area contributed by atoms with Crippen molar-refractivity contribution in [3.8, 4) is 55.6 Å². The first-order chi connectivity index (χ1) is 18.4. The average Bonchev–Trinajstić information content (AvgIpc) is 3.35. The molecule has 0 radical (unpaired) electrons. The molecule has 0 N–H and O–H groups in total. The standard InChI is InChI=1S/C35H21NO/c1-2-11-23-22(10-1)24-12-3-4-13-26(24)28-16-7-17-29(33(28)27-15-6-5-14-25(23)27)30-18-8-19-31-34-32(37-35(30)31)20-9-21-36-34/h1-21H. The Labute approximate surface area is 214 Å². The van der Waals surface area contributed by atoms with Crippen molar-refractivity contribution in [3.63, 3.8) is 0 Å². The normalized spacial score (nSPS) is 11.8. The molecule has 0 fully saturated rings. The van der Waals surface area contributed by atoms with Crippen LogP contribution in [0.2, 0.25) is 0 Å². The Bertz CT molecular complexity index is 1990. The van der Waals surface area contributed by atoms with E-state index >= 15 is 0 Å². The lowest BCUT2D eigenvalue weighted by Crippen LogP contribution is -1.98. The summed E-state index contributed by atoms with van der Waals surface area (Å²) in [5.74, 6) is 0. The van der Waals surface area contributed by atoms with Crippen molar-refractivity contribution < 1.29 is 4.42 Å². The van der Waals surface area contributed by atoms with Crippen LogP contribution in [0.15, 0.2) is 132 Å². The van der Waals surface area contributed by atoms with Crippen molar-refractivity contribution in [2.45, 2.75) is 0 Å². The van der Waals surface area contributed by atoms with E-state index in [1.807, 2.05) is 18.3 Å². The third-order valence-corrected chi connectivity index (χ3v) is 7.53. The Kier molecular flexibility index (Phi) is 4.26. The van der Waals surface area contributed by atoms with Gasteiger partial charge in [-0.1, -0.05) is 103 Å². The Balaban J connectivity index is 1.54. The molecule has 37 heavy (non-hydrogen) atoms. The number of fused-ring (bicyclic) bond motifs is 11. The highest BCUT2D eigenvalue weighted by Gasteiger charge is 2.25. The molecule has 2 nitrogen and oxygen atoms in total. The lowest BCUT2D eigenvalue weighted by atomic mass is 9.78. The fourth-order valence-electron chi connectivity index (χ4n) is 5.96. The first kappa shape index (κ1) is 20.3. The molecular weight excluding hydrogens is 450 g/mol. The van der Waals surface area contributed by atoms with Crippen LogP contribution in [-0.4, -0.2) is 4.98 Å². The summed E-state index contributed by atoms with van der Waals surface area (Å²) in [5.41, 5.74) is 14.7. The second kappa shape index (κ2) is 7.78. The van der Waals surface area contributed by atoms with Crippen LogP contribution < -0.4 is 0 Å². The van der Waals surface area contributed by atoms with E-state index in [0.29, 0.717) is 0 Å². The maximum Gasteiger partial charge on any atom is 0.153 e. The molecule has 172 valence electrons. The van der Waals surface area contributed by atoms with E-state index in [0.717, 1.165) is 33.2 Å². The second-order valence-corrected chi connectivity index (χ2v) is 9.50.